The first-order valence-corrected chi connectivity index (χ1v) is 8.34. The molecule has 2 atom stereocenters. The number of hydrogen-bond donors (Lipinski definition) is 0. The first-order valence-electron chi connectivity index (χ1n) is 8.34. The molecule has 0 aromatic heterocycles. The van der Waals surface area contributed by atoms with E-state index in [9.17, 15) is 0 Å². The molecule has 0 spiro atoms. The molecular formula is C18H36N2. The molecule has 0 aliphatic rings. The summed E-state index contributed by atoms with van der Waals surface area (Å²) in [7, 11) is 0. The fourth-order valence-corrected chi connectivity index (χ4v) is 2.38. The first kappa shape index (κ1) is 19.3. The van der Waals surface area contributed by atoms with Crippen LogP contribution in [-0.4, -0.2) is 24.5 Å². The van der Waals surface area contributed by atoms with Gasteiger partial charge in [0.1, 0.15) is 0 Å². The fourth-order valence-electron chi connectivity index (χ4n) is 2.38. The Hall–Kier alpha value is -0.660. The molecule has 0 rings (SSSR count). The van der Waals surface area contributed by atoms with Gasteiger partial charge in [0, 0.05) is 12.4 Å². The molecule has 0 saturated heterocycles. The van der Waals surface area contributed by atoms with Gasteiger partial charge in [-0.3, -0.25) is 9.98 Å². The van der Waals surface area contributed by atoms with Crippen LogP contribution in [0.3, 0.4) is 0 Å². The van der Waals surface area contributed by atoms with Gasteiger partial charge in [-0.25, -0.2) is 0 Å². The number of hydrogen-bond acceptors (Lipinski definition) is 2. The molecule has 0 bridgehead atoms. The van der Waals surface area contributed by atoms with Crippen molar-refractivity contribution >= 4 is 12.4 Å². The second-order valence-corrected chi connectivity index (χ2v) is 6.67. The fraction of sp³-hybridized carbons (Fsp3) is 0.889. The summed E-state index contributed by atoms with van der Waals surface area (Å²) in [5.74, 6) is 0. The molecule has 0 aliphatic heterocycles. The molecule has 0 aliphatic carbocycles. The maximum absolute atomic E-state index is 4.67. The van der Waals surface area contributed by atoms with Crippen LogP contribution in [0, 0.1) is 10.8 Å². The Kier molecular flexibility index (Phi) is 8.30. The van der Waals surface area contributed by atoms with Crippen molar-refractivity contribution in [2.24, 2.45) is 20.8 Å². The van der Waals surface area contributed by atoms with Crippen LogP contribution in [0.4, 0.5) is 0 Å². The minimum Gasteiger partial charge on any atom is -0.288 e. The Labute approximate surface area is 127 Å². The molecule has 118 valence electrons. The minimum absolute atomic E-state index is 0.303. The van der Waals surface area contributed by atoms with Gasteiger partial charge in [0.15, 0.2) is 0 Å². The van der Waals surface area contributed by atoms with E-state index in [1.807, 2.05) is 12.4 Å². The van der Waals surface area contributed by atoms with E-state index in [2.05, 4.69) is 65.4 Å². The van der Waals surface area contributed by atoms with Crippen LogP contribution in [0.15, 0.2) is 9.98 Å². The van der Waals surface area contributed by atoms with Gasteiger partial charge < -0.3 is 0 Å². The Bertz CT molecular complexity index is 277. The van der Waals surface area contributed by atoms with E-state index in [-0.39, 0.29) is 0 Å². The molecule has 0 saturated carbocycles. The molecule has 20 heavy (non-hydrogen) atoms. The smallest absolute Gasteiger partial charge is 0.0525 e. The molecule has 0 aromatic rings. The third kappa shape index (κ3) is 5.03. The maximum atomic E-state index is 4.67. The standard InChI is InChI=1S/C18H36N2/c1-9-17(7,10-2)15(5)19-13-14-20-16(6)18(8,11-3)12-4/h13-16H,9-12H2,1-8H3/t15-,16-/m1/s1. The van der Waals surface area contributed by atoms with Crippen molar-refractivity contribution in [3.63, 3.8) is 0 Å². The molecular weight excluding hydrogens is 244 g/mol. The second-order valence-electron chi connectivity index (χ2n) is 6.67. The van der Waals surface area contributed by atoms with Crippen molar-refractivity contribution in [2.75, 3.05) is 0 Å². The zero-order valence-corrected chi connectivity index (χ0v) is 15.0. The average Bonchev–Trinajstić information content (AvgIpc) is 2.49. The first-order chi connectivity index (χ1) is 9.29. The van der Waals surface area contributed by atoms with Crippen molar-refractivity contribution in [1.29, 1.82) is 0 Å². The lowest BCUT2D eigenvalue weighted by atomic mass is 9.78. The van der Waals surface area contributed by atoms with Crippen LogP contribution in [0.25, 0.3) is 0 Å². The molecule has 0 radical (unpaired) electrons. The molecule has 0 N–H and O–H groups in total. The highest BCUT2D eigenvalue weighted by Gasteiger charge is 2.27. The van der Waals surface area contributed by atoms with Crippen LogP contribution in [0.5, 0.6) is 0 Å². The molecule has 0 heterocycles. The topological polar surface area (TPSA) is 24.7 Å². The molecule has 0 fully saturated rings. The van der Waals surface area contributed by atoms with Crippen molar-refractivity contribution in [3.8, 4) is 0 Å². The Balaban J connectivity index is 4.62. The van der Waals surface area contributed by atoms with Crippen molar-refractivity contribution in [3.05, 3.63) is 0 Å². The lowest BCUT2D eigenvalue weighted by Crippen LogP contribution is -2.28. The van der Waals surface area contributed by atoms with Gasteiger partial charge in [-0.1, -0.05) is 41.5 Å². The van der Waals surface area contributed by atoms with E-state index in [0.717, 1.165) is 0 Å². The largest absolute Gasteiger partial charge is 0.288 e. The molecule has 0 amide bonds. The summed E-state index contributed by atoms with van der Waals surface area (Å²) in [6.07, 6.45) is 8.46. The zero-order chi connectivity index (χ0) is 15.8. The van der Waals surface area contributed by atoms with Crippen molar-refractivity contribution in [2.45, 2.75) is 93.2 Å². The van der Waals surface area contributed by atoms with Gasteiger partial charge in [-0.05, 0) is 50.4 Å². The van der Waals surface area contributed by atoms with Gasteiger partial charge in [-0.15, -0.1) is 0 Å². The highest BCUT2D eigenvalue weighted by atomic mass is 14.8. The molecule has 0 aromatic carbocycles. The van der Waals surface area contributed by atoms with E-state index in [1.165, 1.54) is 25.7 Å². The Morgan fingerprint density at radius 3 is 1.15 bits per heavy atom. The predicted molar refractivity (Wildman–Crippen MR) is 93.3 cm³/mol. The SMILES string of the molecule is CCC(C)(CC)[C@@H](C)N=CC=N[C@H](C)C(C)(CC)CC. The highest BCUT2D eigenvalue weighted by Crippen LogP contribution is 2.32. The van der Waals surface area contributed by atoms with Crippen LogP contribution in [0.2, 0.25) is 0 Å². The van der Waals surface area contributed by atoms with E-state index >= 15 is 0 Å². The minimum atomic E-state index is 0.303. The molecule has 2 nitrogen and oxygen atoms in total. The Morgan fingerprint density at radius 1 is 0.700 bits per heavy atom. The third-order valence-corrected chi connectivity index (χ3v) is 5.93. The summed E-state index contributed by atoms with van der Waals surface area (Å²) in [6.45, 7) is 18.1. The lowest BCUT2D eigenvalue weighted by molar-refractivity contribution is 0.246. The maximum Gasteiger partial charge on any atom is 0.0525 e. The number of nitrogens with zero attached hydrogens (tertiary/aromatic N) is 2. The number of rotatable bonds is 9. The summed E-state index contributed by atoms with van der Waals surface area (Å²) >= 11 is 0. The summed E-state index contributed by atoms with van der Waals surface area (Å²) in [5.41, 5.74) is 0.606. The van der Waals surface area contributed by atoms with Gasteiger partial charge >= 0.3 is 0 Å². The zero-order valence-electron chi connectivity index (χ0n) is 15.0. The van der Waals surface area contributed by atoms with Crippen LogP contribution >= 0.6 is 0 Å². The summed E-state index contributed by atoms with van der Waals surface area (Å²) in [5, 5.41) is 0. The second kappa shape index (κ2) is 8.59. The molecule has 2 heteroatoms. The van der Waals surface area contributed by atoms with Crippen LogP contribution in [0.1, 0.15) is 81.1 Å². The predicted octanol–water partition coefficient (Wildman–Crippen LogP) is 5.56. The van der Waals surface area contributed by atoms with Crippen molar-refractivity contribution in [1.82, 2.24) is 0 Å². The van der Waals surface area contributed by atoms with Crippen LogP contribution < -0.4 is 0 Å². The van der Waals surface area contributed by atoms with E-state index in [1.54, 1.807) is 0 Å². The monoisotopic (exact) mass is 280 g/mol. The van der Waals surface area contributed by atoms with Gasteiger partial charge in [0.2, 0.25) is 0 Å². The normalized spacial score (nSPS) is 17.0. The summed E-state index contributed by atoms with van der Waals surface area (Å²) < 4.78 is 0. The molecule has 0 unspecified atom stereocenters. The average molecular weight is 281 g/mol. The Morgan fingerprint density at radius 2 is 0.950 bits per heavy atom. The van der Waals surface area contributed by atoms with Gasteiger partial charge in [0.25, 0.3) is 0 Å². The summed E-state index contributed by atoms with van der Waals surface area (Å²) in [4.78, 5) is 9.34. The lowest BCUT2D eigenvalue weighted by Gasteiger charge is -2.31. The van der Waals surface area contributed by atoms with E-state index in [0.29, 0.717) is 22.9 Å². The van der Waals surface area contributed by atoms with Crippen LogP contribution in [-0.2, 0) is 0 Å². The van der Waals surface area contributed by atoms with Gasteiger partial charge in [-0.2, -0.15) is 0 Å². The van der Waals surface area contributed by atoms with E-state index in [4.69, 9.17) is 0 Å². The number of aliphatic imine (C=N–C) groups is 2. The van der Waals surface area contributed by atoms with Gasteiger partial charge in [0.05, 0.1) is 12.1 Å². The summed E-state index contributed by atoms with van der Waals surface area (Å²) in [6, 6.07) is 0.700. The van der Waals surface area contributed by atoms with Crippen molar-refractivity contribution < 1.29 is 0 Å². The van der Waals surface area contributed by atoms with E-state index < -0.39 is 0 Å². The third-order valence-electron chi connectivity index (χ3n) is 5.93. The quantitative estimate of drug-likeness (QED) is 0.494. The highest BCUT2D eigenvalue weighted by molar-refractivity contribution is 6.16.